The maximum absolute atomic E-state index is 12.1. The fourth-order valence-corrected chi connectivity index (χ4v) is 2.50. The molecule has 6 heteroatoms. The molecule has 20 heavy (non-hydrogen) atoms. The number of carbonyl (C=O) groups excluding carboxylic acids is 2. The van der Waals surface area contributed by atoms with Crippen molar-refractivity contribution in [1.29, 1.82) is 0 Å². The fraction of sp³-hybridized carbons (Fsp3) is 0.857. The van der Waals surface area contributed by atoms with Crippen LogP contribution in [0, 0.1) is 5.92 Å². The lowest BCUT2D eigenvalue weighted by atomic mass is 9.92. The summed E-state index contributed by atoms with van der Waals surface area (Å²) in [6, 6.07) is 0. The number of amides is 1. The molecule has 0 spiro atoms. The number of rotatable bonds is 0. The van der Waals surface area contributed by atoms with E-state index < -0.39 is 11.4 Å². The van der Waals surface area contributed by atoms with Crippen molar-refractivity contribution in [2.45, 2.75) is 58.5 Å². The van der Waals surface area contributed by atoms with E-state index in [4.69, 9.17) is 14.2 Å². The Morgan fingerprint density at radius 1 is 1.40 bits per heavy atom. The molecule has 0 N–H and O–H groups in total. The van der Waals surface area contributed by atoms with Gasteiger partial charge in [0.05, 0.1) is 18.6 Å². The smallest absolute Gasteiger partial charge is 0.410 e. The van der Waals surface area contributed by atoms with E-state index in [1.54, 1.807) is 18.7 Å². The third-order valence-corrected chi connectivity index (χ3v) is 3.30. The molecule has 0 aliphatic carbocycles. The Balaban J connectivity index is 2.02. The van der Waals surface area contributed by atoms with Gasteiger partial charge in [-0.05, 0) is 27.2 Å². The second-order valence-electron chi connectivity index (χ2n) is 6.80. The van der Waals surface area contributed by atoms with Crippen molar-refractivity contribution in [3.63, 3.8) is 0 Å². The predicted octanol–water partition coefficient (Wildman–Crippen LogP) is 1.92. The van der Waals surface area contributed by atoms with E-state index in [1.165, 1.54) is 0 Å². The zero-order valence-corrected chi connectivity index (χ0v) is 12.8. The van der Waals surface area contributed by atoms with E-state index in [9.17, 15) is 9.59 Å². The standard InChI is InChI=1S/C14H23NO5/c1-13(2,3)20-12(17)15-7-6-9-10(8-15)18-14(4,5)19-11(9)16/h9-10H,6-8H2,1-5H3. The van der Waals surface area contributed by atoms with E-state index in [-0.39, 0.29) is 24.1 Å². The van der Waals surface area contributed by atoms with Crippen molar-refractivity contribution in [2.24, 2.45) is 5.92 Å². The molecule has 0 aromatic carbocycles. The number of ether oxygens (including phenoxy) is 3. The van der Waals surface area contributed by atoms with Gasteiger partial charge in [-0.15, -0.1) is 0 Å². The van der Waals surface area contributed by atoms with Gasteiger partial charge in [-0.1, -0.05) is 0 Å². The van der Waals surface area contributed by atoms with Crippen LogP contribution in [-0.2, 0) is 19.0 Å². The number of nitrogens with zero attached hydrogens (tertiary/aromatic N) is 1. The number of hydrogen-bond acceptors (Lipinski definition) is 5. The molecule has 0 aromatic heterocycles. The van der Waals surface area contributed by atoms with Gasteiger partial charge < -0.3 is 19.1 Å². The summed E-state index contributed by atoms with van der Waals surface area (Å²) in [5.41, 5.74) is -0.528. The second-order valence-corrected chi connectivity index (χ2v) is 6.80. The minimum Gasteiger partial charge on any atom is -0.444 e. The highest BCUT2D eigenvalue weighted by molar-refractivity contribution is 5.75. The van der Waals surface area contributed by atoms with Crippen LogP contribution in [0.3, 0.4) is 0 Å². The summed E-state index contributed by atoms with van der Waals surface area (Å²) in [7, 11) is 0. The van der Waals surface area contributed by atoms with Crippen molar-refractivity contribution in [3.8, 4) is 0 Å². The third-order valence-electron chi connectivity index (χ3n) is 3.30. The quantitative estimate of drug-likeness (QED) is 0.636. The number of piperidine rings is 1. The molecule has 0 aromatic rings. The highest BCUT2D eigenvalue weighted by atomic mass is 16.7. The third kappa shape index (κ3) is 3.42. The van der Waals surface area contributed by atoms with Crippen molar-refractivity contribution in [1.82, 2.24) is 4.90 Å². The Kier molecular flexibility index (Phi) is 3.71. The Morgan fingerprint density at radius 3 is 2.65 bits per heavy atom. The summed E-state index contributed by atoms with van der Waals surface area (Å²) in [4.78, 5) is 25.6. The maximum atomic E-state index is 12.1. The fourth-order valence-electron chi connectivity index (χ4n) is 2.50. The summed E-state index contributed by atoms with van der Waals surface area (Å²) in [5, 5.41) is 0. The molecule has 2 aliphatic heterocycles. The number of carbonyl (C=O) groups is 2. The molecule has 0 bridgehead atoms. The van der Waals surface area contributed by atoms with Gasteiger partial charge in [0, 0.05) is 20.4 Å². The Morgan fingerprint density at radius 2 is 2.05 bits per heavy atom. The Labute approximate surface area is 119 Å². The molecule has 6 nitrogen and oxygen atoms in total. The van der Waals surface area contributed by atoms with Gasteiger partial charge in [-0.25, -0.2) is 4.79 Å². The number of fused-ring (bicyclic) bond motifs is 1. The Bertz CT molecular complexity index is 412. The SMILES string of the molecule is CC(C)(C)OC(=O)N1CCC2C(=O)OC(C)(C)OC2C1. The highest BCUT2D eigenvalue weighted by Gasteiger charge is 2.46. The number of esters is 1. The van der Waals surface area contributed by atoms with Crippen molar-refractivity contribution >= 4 is 12.1 Å². The van der Waals surface area contributed by atoms with Crippen LogP contribution in [0.15, 0.2) is 0 Å². The van der Waals surface area contributed by atoms with Gasteiger partial charge >= 0.3 is 12.1 Å². The summed E-state index contributed by atoms with van der Waals surface area (Å²) < 4.78 is 16.3. The van der Waals surface area contributed by atoms with Crippen LogP contribution in [0.4, 0.5) is 4.79 Å². The molecule has 0 saturated carbocycles. The van der Waals surface area contributed by atoms with Crippen LogP contribution in [0.2, 0.25) is 0 Å². The summed E-state index contributed by atoms with van der Waals surface area (Å²) in [5.74, 6) is -1.47. The highest BCUT2D eigenvalue weighted by Crippen LogP contribution is 2.32. The lowest BCUT2D eigenvalue weighted by molar-refractivity contribution is -0.278. The van der Waals surface area contributed by atoms with Crippen LogP contribution in [0.25, 0.3) is 0 Å². The van der Waals surface area contributed by atoms with Crippen LogP contribution < -0.4 is 0 Å². The van der Waals surface area contributed by atoms with E-state index in [0.29, 0.717) is 19.5 Å². The minimum atomic E-state index is -0.935. The summed E-state index contributed by atoms with van der Waals surface area (Å²) in [6.07, 6.45) is -0.150. The molecule has 2 rings (SSSR count). The van der Waals surface area contributed by atoms with Crippen LogP contribution in [0.5, 0.6) is 0 Å². The molecule has 2 fully saturated rings. The van der Waals surface area contributed by atoms with Crippen molar-refractivity contribution in [2.75, 3.05) is 13.1 Å². The zero-order chi connectivity index (χ0) is 15.1. The first kappa shape index (κ1) is 15.1. The molecule has 2 unspecified atom stereocenters. The van der Waals surface area contributed by atoms with Crippen LogP contribution >= 0.6 is 0 Å². The molecule has 2 atom stereocenters. The van der Waals surface area contributed by atoms with Crippen LogP contribution in [-0.4, -0.2) is 47.5 Å². The van der Waals surface area contributed by atoms with E-state index >= 15 is 0 Å². The van der Waals surface area contributed by atoms with Gasteiger partial charge in [0.25, 0.3) is 0 Å². The van der Waals surface area contributed by atoms with Gasteiger partial charge in [0.2, 0.25) is 5.79 Å². The molecule has 2 heterocycles. The van der Waals surface area contributed by atoms with Gasteiger partial charge in [-0.3, -0.25) is 4.79 Å². The average molecular weight is 285 g/mol. The van der Waals surface area contributed by atoms with E-state index in [1.807, 2.05) is 20.8 Å². The largest absolute Gasteiger partial charge is 0.444 e. The molecular weight excluding hydrogens is 262 g/mol. The number of hydrogen-bond donors (Lipinski definition) is 0. The average Bonchev–Trinajstić information content (AvgIpc) is 2.24. The molecule has 0 radical (unpaired) electrons. The Hall–Kier alpha value is -1.30. The van der Waals surface area contributed by atoms with Gasteiger partial charge in [0.15, 0.2) is 0 Å². The molecule has 1 amide bonds. The van der Waals surface area contributed by atoms with Gasteiger partial charge in [-0.2, -0.15) is 0 Å². The number of likely N-dealkylation sites (tertiary alicyclic amines) is 1. The van der Waals surface area contributed by atoms with Crippen molar-refractivity contribution < 1.29 is 23.8 Å². The second kappa shape index (κ2) is 4.91. The zero-order valence-electron chi connectivity index (χ0n) is 12.8. The summed E-state index contributed by atoms with van der Waals surface area (Å²) in [6.45, 7) is 9.73. The van der Waals surface area contributed by atoms with Gasteiger partial charge in [0.1, 0.15) is 5.60 Å². The topological polar surface area (TPSA) is 65.1 Å². The van der Waals surface area contributed by atoms with Crippen molar-refractivity contribution in [3.05, 3.63) is 0 Å². The first-order valence-corrected chi connectivity index (χ1v) is 6.96. The monoisotopic (exact) mass is 285 g/mol. The predicted molar refractivity (Wildman–Crippen MR) is 71.0 cm³/mol. The minimum absolute atomic E-state index is 0.241. The molecule has 114 valence electrons. The van der Waals surface area contributed by atoms with Crippen LogP contribution in [0.1, 0.15) is 41.0 Å². The molecular formula is C14H23NO5. The van der Waals surface area contributed by atoms with E-state index in [0.717, 1.165) is 0 Å². The molecule has 2 aliphatic rings. The van der Waals surface area contributed by atoms with E-state index in [2.05, 4.69) is 0 Å². The maximum Gasteiger partial charge on any atom is 0.410 e. The lowest BCUT2D eigenvalue weighted by Gasteiger charge is -2.45. The first-order valence-electron chi connectivity index (χ1n) is 6.96. The summed E-state index contributed by atoms with van der Waals surface area (Å²) >= 11 is 0. The normalized spacial score (nSPS) is 29.4. The lowest BCUT2D eigenvalue weighted by Crippen LogP contribution is -2.57. The number of cyclic esters (lactones) is 1. The first-order chi connectivity index (χ1) is 9.07. The molecule has 2 saturated heterocycles.